The number of carboxylic acid groups (broad SMARTS) is 1. The number of aliphatic hydroxyl groups is 1. The largest absolute Gasteiger partial charge is 0.481 e. The molecular formula is C8H11NO3S. The van der Waals surface area contributed by atoms with E-state index in [0.717, 1.165) is 0 Å². The van der Waals surface area contributed by atoms with Crippen LogP contribution in [0.2, 0.25) is 0 Å². The van der Waals surface area contributed by atoms with Crippen molar-refractivity contribution in [2.75, 3.05) is 0 Å². The highest BCUT2D eigenvalue weighted by Crippen LogP contribution is 2.27. The number of hydrogen-bond acceptors (Lipinski definition) is 4. The quantitative estimate of drug-likeness (QED) is 0.768. The Kier molecular flexibility index (Phi) is 3.00. The molecule has 2 N–H and O–H groups in total. The Bertz CT molecular complexity index is 282. The zero-order chi connectivity index (χ0) is 9.90. The van der Waals surface area contributed by atoms with Gasteiger partial charge in [-0.2, -0.15) is 0 Å². The molecule has 1 atom stereocenters. The van der Waals surface area contributed by atoms with Crippen LogP contribution >= 0.6 is 11.3 Å². The zero-order valence-corrected chi connectivity index (χ0v) is 8.04. The number of aromatic nitrogens is 1. The van der Waals surface area contributed by atoms with Crippen molar-refractivity contribution in [3.63, 3.8) is 0 Å². The van der Waals surface area contributed by atoms with Gasteiger partial charge in [0.1, 0.15) is 10.6 Å². The van der Waals surface area contributed by atoms with Crippen LogP contribution in [0.15, 0.2) is 11.6 Å². The van der Waals surface area contributed by atoms with Crippen LogP contribution in [-0.4, -0.2) is 21.2 Å². The van der Waals surface area contributed by atoms with Gasteiger partial charge >= 0.3 is 5.97 Å². The third kappa shape index (κ3) is 2.78. The van der Waals surface area contributed by atoms with Crippen molar-refractivity contribution in [1.29, 1.82) is 0 Å². The number of aliphatic carboxylic acids is 1. The number of rotatable bonds is 4. The molecule has 1 rings (SSSR count). The van der Waals surface area contributed by atoms with Gasteiger partial charge in [-0.05, 0) is 13.3 Å². The zero-order valence-electron chi connectivity index (χ0n) is 7.23. The molecule has 0 aliphatic rings. The van der Waals surface area contributed by atoms with Crippen LogP contribution in [0, 0.1) is 0 Å². The van der Waals surface area contributed by atoms with Gasteiger partial charge in [-0.3, -0.25) is 4.79 Å². The normalized spacial score (nSPS) is 15.2. The molecule has 0 saturated heterocycles. The fourth-order valence-electron chi connectivity index (χ4n) is 0.947. The Morgan fingerprint density at radius 1 is 1.77 bits per heavy atom. The van der Waals surface area contributed by atoms with E-state index in [2.05, 4.69) is 4.98 Å². The molecule has 0 spiro atoms. The van der Waals surface area contributed by atoms with Crippen LogP contribution < -0.4 is 0 Å². The number of thiazole rings is 1. The summed E-state index contributed by atoms with van der Waals surface area (Å²) < 4.78 is 0. The molecule has 13 heavy (non-hydrogen) atoms. The number of hydrogen-bond donors (Lipinski definition) is 2. The van der Waals surface area contributed by atoms with Crippen molar-refractivity contribution in [2.24, 2.45) is 0 Å². The standard InChI is InChI=1S/C8H11NO3S/c1-8(12,3-2-6(10)11)7-9-4-5-13-7/h4-5,12H,2-3H2,1H3,(H,10,11). The van der Waals surface area contributed by atoms with Crippen molar-refractivity contribution in [3.8, 4) is 0 Å². The summed E-state index contributed by atoms with van der Waals surface area (Å²) >= 11 is 1.33. The van der Waals surface area contributed by atoms with E-state index in [0.29, 0.717) is 5.01 Å². The predicted molar refractivity (Wildman–Crippen MR) is 48.6 cm³/mol. The van der Waals surface area contributed by atoms with Crippen LogP contribution in [0.25, 0.3) is 0 Å². The topological polar surface area (TPSA) is 70.4 Å². The summed E-state index contributed by atoms with van der Waals surface area (Å²) in [7, 11) is 0. The van der Waals surface area contributed by atoms with Gasteiger partial charge in [0.2, 0.25) is 0 Å². The molecule has 4 nitrogen and oxygen atoms in total. The van der Waals surface area contributed by atoms with E-state index < -0.39 is 11.6 Å². The van der Waals surface area contributed by atoms with Crippen molar-refractivity contribution in [2.45, 2.75) is 25.4 Å². The average molecular weight is 201 g/mol. The van der Waals surface area contributed by atoms with E-state index in [9.17, 15) is 9.90 Å². The van der Waals surface area contributed by atoms with Gasteiger partial charge in [0.25, 0.3) is 0 Å². The van der Waals surface area contributed by atoms with Gasteiger partial charge < -0.3 is 10.2 Å². The van der Waals surface area contributed by atoms with Gasteiger partial charge in [0.15, 0.2) is 0 Å². The van der Waals surface area contributed by atoms with Gasteiger partial charge in [0.05, 0.1) is 0 Å². The van der Waals surface area contributed by atoms with Crippen molar-refractivity contribution < 1.29 is 15.0 Å². The Morgan fingerprint density at radius 3 is 2.92 bits per heavy atom. The summed E-state index contributed by atoms with van der Waals surface area (Å²) in [5, 5.41) is 20.6. The highest BCUT2D eigenvalue weighted by Gasteiger charge is 2.26. The Morgan fingerprint density at radius 2 is 2.46 bits per heavy atom. The highest BCUT2D eigenvalue weighted by atomic mass is 32.1. The first kappa shape index (κ1) is 10.1. The maximum absolute atomic E-state index is 10.3. The highest BCUT2D eigenvalue weighted by molar-refractivity contribution is 7.09. The van der Waals surface area contributed by atoms with Gasteiger partial charge in [0, 0.05) is 18.0 Å². The number of carboxylic acids is 1. The molecule has 1 aromatic heterocycles. The smallest absolute Gasteiger partial charge is 0.303 e. The lowest BCUT2D eigenvalue weighted by Gasteiger charge is -2.18. The molecule has 72 valence electrons. The summed E-state index contributed by atoms with van der Waals surface area (Å²) in [6.45, 7) is 1.58. The summed E-state index contributed by atoms with van der Waals surface area (Å²) in [5.41, 5.74) is -1.12. The molecule has 0 bridgehead atoms. The fourth-order valence-corrected chi connectivity index (χ4v) is 1.67. The predicted octanol–water partition coefficient (Wildman–Crippen LogP) is 1.22. The Labute approximate surface area is 79.9 Å². The molecule has 0 fully saturated rings. The molecule has 0 aliphatic heterocycles. The third-order valence-corrected chi connectivity index (χ3v) is 2.74. The lowest BCUT2D eigenvalue weighted by molar-refractivity contribution is -0.138. The third-order valence-electron chi connectivity index (χ3n) is 1.72. The first-order chi connectivity index (χ1) is 6.02. The molecule has 5 heteroatoms. The molecule has 0 aromatic carbocycles. The van der Waals surface area contributed by atoms with E-state index in [-0.39, 0.29) is 12.8 Å². The summed E-state index contributed by atoms with van der Waals surface area (Å²) in [4.78, 5) is 14.2. The van der Waals surface area contributed by atoms with E-state index in [1.165, 1.54) is 11.3 Å². The second-order valence-corrected chi connectivity index (χ2v) is 3.90. The minimum atomic E-state index is -1.12. The number of carbonyl (C=O) groups is 1. The average Bonchev–Trinajstić information content (AvgIpc) is 2.53. The maximum atomic E-state index is 10.3. The van der Waals surface area contributed by atoms with Crippen LogP contribution in [0.3, 0.4) is 0 Å². The second kappa shape index (κ2) is 3.85. The number of nitrogens with zero attached hydrogens (tertiary/aromatic N) is 1. The molecule has 0 aliphatic carbocycles. The van der Waals surface area contributed by atoms with Gasteiger partial charge in [-0.25, -0.2) is 4.98 Å². The van der Waals surface area contributed by atoms with Crippen LogP contribution in [0.1, 0.15) is 24.8 Å². The SMILES string of the molecule is CC(O)(CCC(=O)O)c1nccs1. The van der Waals surface area contributed by atoms with Crippen LogP contribution in [0.4, 0.5) is 0 Å². The lowest BCUT2D eigenvalue weighted by atomic mass is 10.0. The fraction of sp³-hybridized carbons (Fsp3) is 0.500. The van der Waals surface area contributed by atoms with Crippen molar-refractivity contribution >= 4 is 17.3 Å². The Balaban J connectivity index is 2.61. The van der Waals surface area contributed by atoms with E-state index >= 15 is 0 Å². The first-order valence-electron chi connectivity index (χ1n) is 3.86. The van der Waals surface area contributed by atoms with Gasteiger partial charge in [-0.1, -0.05) is 0 Å². The summed E-state index contributed by atoms with van der Waals surface area (Å²) in [5.74, 6) is -0.906. The second-order valence-electron chi connectivity index (χ2n) is 3.00. The molecule has 1 aromatic rings. The van der Waals surface area contributed by atoms with Crippen molar-refractivity contribution in [1.82, 2.24) is 4.98 Å². The molecule has 0 radical (unpaired) electrons. The molecule has 1 heterocycles. The van der Waals surface area contributed by atoms with Crippen LogP contribution in [-0.2, 0) is 10.4 Å². The minimum absolute atomic E-state index is 0.0490. The molecule has 0 amide bonds. The summed E-state index contributed by atoms with van der Waals surface area (Å²) in [6.07, 6.45) is 1.73. The maximum Gasteiger partial charge on any atom is 0.303 e. The Hall–Kier alpha value is -0.940. The molecule has 0 saturated carbocycles. The molecular weight excluding hydrogens is 190 g/mol. The molecule has 1 unspecified atom stereocenters. The van der Waals surface area contributed by atoms with E-state index in [4.69, 9.17) is 5.11 Å². The van der Waals surface area contributed by atoms with Crippen LogP contribution in [0.5, 0.6) is 0 Å². The first-order valence-corrected chi connectivity index (χ1v) is 4.74. The summed E-state index contributed by atoms with van der Waals surface area (Å²) in [6, 6.07) is 0. The van der Waals surface area contributed by atoms with E-state index in [1.54, 1.807) is 18.5 Å². The lowest BCUT2D eigenvalue weighted by Crippen LogP contribution is -2.22. The van der Waals surface area contributed by atoms with Crippen molar-refractivity contribution in [3.05, 3.63) is 16.6 Å². The van der Waals surface area contributed by atoms with E-state index in [1.807, 2.05) is 0 Å². The van der Waals surface area contributed by atoms with Gasteiger partial charge in [-0.15, -0.1) is 11.3 Å². The minimum Gasteiger partial charge on any atom is -0.481 e. The monoisotopic (exact) mass is 201 g/mol.